The predicted octanol–water partition coefficient (Wildman–Crippen LogP) is 0.866. The fourth-order valence-electron chi connectivity index (χ4n) is 1.16. The van der Waals surface area contributed by atoms with Crippen LogP contribution in [0.5, 0.6) is 0 Å². The van der Waals surface area contributed by atoms with Gasteiger partial charge in [0.05, 0.1) is 4.90 Å². The molecule has 7 heteroatoms. The lowest BCUT2D eigenvalue weighted by atomic mass is 10.3. The largest absolute Gasteiger partial charge is 0.338 e. The molecule has 1 aromatic rings. The number of rotatable bonds is 4. The Morgan fingerprint density at radius 3 is 2.71 bits per heavy atom. The third-order valence-electron chi connectivity index (χ3n) is 1.96. The zero-order chi connectivity index (χ0) is 12.9. The van der Waals surface area contributed by atoms with Crippen LogP contribution >= 0.6 is 0 Å². The summed E-state index contributed by atoms with van der Waals surface area (Å²) in [5.74, 6) is 0. The number of sulfonamides is 1. The molecule has 0 saturated carbocycles. The molecule has 0 fully saturated rings. The summed E-state index contributed by atoms with van der Waals surface area (Å²) in [7, 11) is -3.75. The average molecular weight is 257 g/mol. The van der Waals surface area contributed by atoms with Gasteiger partial charge in [-0.3, -0.25) is 0 Å². The number of primary sulfonamides is 1. The van der Waals surface area contributed by atoms with Crippen LogP contribution < -0.4 is 15.8 Å². The van der Waals surface area contributed by atoms with Gasteiger partial charge < -0.3 is 10.6 Å². The first-order valence-corrected chi connectivity index (χ1v) is 6.66. The topological polar surface area (TPSA) is 101 Å². The van der Waals surface area contributed by atoms with Crippen molar-refractivity contribution in [1.29, 1.82) is 0 Å². The molecule has 0 bridgehead atoms. The second-order valence-corrected chi connectivity index (χ2v) is 5.02. The molecule has 6 nitrogen and oxygen atoms in total. The van der Waals surface area contributed by atoms with E-state index in [2.05, 4.69) is 10.6 Å². The molecule has 0 radical (unpaired) electrons. The molecule has 0 atom stereocenters. The van der Waals surface area contributed by atoms with Gasteiger partial charge in [0.15, 0.2) is 0 Å². The number of nitrogens with two attached hydrogens (primary N) is 1. The van der Waals surface area contributed by atoms with Crippen molar-refractivity contribution in [2.24, 2.45) is 5.14 Å². The number of amides is 2. The highest BCUT2D eigenvalue weighted by molar-refractivity contribution is 7.89. The number of nitrogens with one attached hydrogen (secondary N) is 2. The molecule has 1 aromatic carbocycles. The number of carbonyl (C=O) groups excluding carboxylic acids is 1. The van der Waals surface area contributed by atoms with Gasteiger partial charge in [0, 0.05) is 12.2 Å². The molecule has 0 spiro atoms. The van der Waals surface area contributed by atoms with Crippen molar-refractivity contribution in [3.05, 3.63) is 24.3 Å². The van der Waals surface area contributed by atoms with E-state index in [0.29, 0.717) is 12.2 Å². The van der Waals surface area contributed by atoms with E-state index in [1.807, 2.05) is 6.92 Å². The Bertz CT molecular complexity index is 499. The fraction of sp³-hybridized carbons (Fsp3) is 0.300. The summed E-state index contributed by atoms with van der Waals surface area (Å²) in [5.41, 5.74) is 0.380. The van der Waals surface area contributed by atoms with Crippen LogP contribution in [0.1, 0.15) is 13.3 Å². The molecule has 4 N–H and O–H groups in total. The number of carbonyl (C=O) groups is 1. The molecule has 0 aliphatic carbocycles. The zero-order valence-electron chi connectivity index (χ0n) is 9.43. The summed E-state index contributed by atoms with van der Waals surface area (Å²) in [6.07, 6.45) is 0.824. The average Bonchev–Trinajstić information content (AvgIpc) is 2.25. The normalized spacial score (nSPS) is 10.9. The summed E-state index contributed by atoms with van der Waals surface area (Å²) in [6.45, 7) is 2.49. The minimum Gasteiger partial charge on any atom is -0.338 e. The van der Waals surface area contributed by atoms with Gasteiger partial charge in [-0.05, 0) is 24.6 Å². The fourth-order valence-corrected chi connectivity index (χ4v) is 1.72. The summed E-state index contributed by atoms with van der Waals surface area (Å²) in [6, 6.07) is 5.39. The van der Waals surface area contributed by atoms with E-state index in [4.69, 9.17) is 5.14 Å². The maximum absolute atomic E-state index is 11.3. The Kier molecular flexibility index (Phi) is 4.47. The number of hydrogen-bond donors (Lipinski definition) is 3. The minimum atomic E-state index is -3.75. The van der Waals surface area contributed by atoms with E-state index in [9.17, 15) is 13.2 Å². The summed E-state index contributed by atoms with van der Waals surface area (Å²) < 4.78 is 22.2. The van der Waals surface area contributed by atoms with Crippen LogP contribution in [0, 0.1) is 0 Å². The lowest BCUT2D eigenvalue weighted by Gasteiger charge is -2.07. The van der Waals surface area contributed by atoms with E-state index < -0.39 is 10.0 Å². The second-order valence-electron chi connectivity index (χ2n) is 3.45. The van der Waals surface area contributed by atoms with Crippen LogP contribution in [0.3, 0.4) is 0 Å². The van der Waals surface area contributed by atoms with Crippen LogP contribution in [0.25, 0.3) is 0 Å². The van der Waals surface area contributed by atoms with Gasteiger partial charge in [0.1, 0.15) is 0 Å². The van der Waals surface area contributed by atoms with Crippen molar-refractivity contribution in [3.8, 4) is 0 Å². The molecule has 0 unspecified atom stereocenters. The van der Waals surface area contributed by atoms with E-state index >= 15 is 0 Å². The zero-order valence-corrected chi connectivity index (χ0v) is 10.3. The Labute approximate surface area is 100 Å². The van der Waals surface area contributed by atoms with Crippen molar-refractivity contribution in [2.75, 3.05) is 11.9 Å². The number of benzene rings is 1. The minimum absolute atomic E-state index is 0.0363. The van der Waals surface area contributed by atoms with E-state index in [1.54, 1.807) is 6.07 Å². The maximum atomic E-state index is 11.3. The molecule has 17 heavy (non-hydrogen) atoms. The van der Waals surface area contributed by atoms with Crippen LogP contribution in [0.15, 0.2) is 29.2 Å². The van der Waals surface area contributed by atoms with Crippen LogP contribution in [0.2, 0.25) is 0 Å². The molecule has 94 valence electrons. The molecule has 0 aromatic heterocycles. The highest BCUT2D eigenvalue weighted by Gasteiger charge is 2.08. The van der Waals surface area contributed by atoms with Crippen molar-refractivity contribution in [2.45, 2.75) is 18.2 Å². The van der Waals surface area contributed by atoms with Crippen LogP contribution in [-0.2, 0) is 10.0 Å². The molecule has 1 rings (SSSR count). The molecular formula is C10H15N3O3S. The summed E-state index contributed by atoms with van der Waals surface area (Å²) in [4.78, 5) is 11.3. The van der Waals surface area contributed by atoms with Gasteiger partial charge in [-0.15, -0.1) is 0 Å². The molecular weight excluding hydrogens is 242 g/mol. The first-order chi connectivity index (χ1) is 7.93. The predicted molar refractivity (Wildman–Crippen MR) is 65.1 cm³/mol. The Hall–Kier alpha value is -1.60. The van der Waals surface area contributed by atoms with Gasteiger partial charge >= 0.3 is 6.03 Å². The van der Waals surface area contributed by atoms with Gasteiger partial charge in [-0.25, -0.2) is 18.4 Å². The second kappa shape index (κ2) is 5.65. The molecule has 2 amide bonds. The summed E-state index contributed by atoms with van der Waals surface area (Å²) in [5, 5.41) is 10.1. The van der Waals surface area contributed by atoms with Gasteiger partial charge in [0.2, 0.25) is 10.0 Å². The Morgan fingerprint density at radius 1 is 1.41 bits per heavy atom. The smallest absolute Gasteiger partial charge is 0.319 e. The Balaban J connectivity index is 2.76. The molecule has 0 heterocycles. The first-order valence-electron chi connectivity index (χ1n) is 5.11. The molecule has 0 saturated heterocycles. The van der Waals surface area contributed by atoms with Crippen LogP contribution in [0.4, 0.5) is 10.5 Å². The number of urea groups is 1. The highest BCUT2D eigenvalue weighted by atomic mass is 32.2. The SMILES string of the molecule is CCCNC(=O)Nc1cccc(S(N)(=O)=O)c1. The molecule has 0 aliphatic heterocycles. The van der Waals surface area contributed by atoms with Crippen molar-refractivity contribution >= 4 is 21.7 Å². The standard InChI is InChI=1S/C10H15N3O3S/c1-2-6-12-10(14)13-8-4-3-5-9(7-8)17(11,15)16/h3-5,7H,2,6H2,1H3,(H2,11,15,16)(H2,12,13,14). The summed E-state index contributed by atoms with van der Waals surface area (Å²) >= 11 is 0. The lowest BCUT2D eigenvalue weighted by molar-refractivity contribution is 0.252. The van der Waals surface area contributed by atoms with Crippen LogP contribution in [-0.4, -0.2) is 21.0 Å². The van der Waals surface area contributed by atoms with Crippen molar-refractivity contribution in [1.82, 2.24) is 5.32 Å². The van der Waals surface area contributed by atoms with E-state index in [-0.39, 0.29) is 10.9 Å². The monoisotopic (exact) mass is 257 g/mol. The van der Waals surface area contributed by atoms with E-state index in [0.717, 1.165) is 6.42 Å². The maximum Gasteiger partial charge on any atom is 0.319 e. The third-order valence-corrected chi connectivity index (χ3v) is 2.87. The van der Waals surface area contributed by atoms with Crippen molar-refractivity contribution < 1.29 is 13.2 Å². The van der Waals surface area contributed by atoms with Gasteiger partial charge in [0.25, 0.3) is 0 Å². The van der Waals surface area contributed by atoms with Gasteiger partial charge in [-0.2, -0.15) is 0 Å². The number of anilines is 1. The third kappa shape index (κ3) is 4.41. The van der Waals surface area contributed by atoms with Crippen molar-refractivity contribution in [3.63, 3.8) is 0 Å². The Morgan fingerprint density at radius 2 is 2.12 bits per heavy atom. The van der Waals surface area contributed by atoms with E-state index in [1.165, 1.54) is 18.2 Å². The highest BCUT2D eigenvalue weighted by Crippen LogP contribution is 2.13. The quantitative estimate of drug-likeness (QED) is 0.745. The van der Waals surface area contributed by atoms with Gasteiger partial charge in [-0.1, -0.05) is 13.0 Å². The molecule has 0 aliphatic rings. The first kappa shape index (κ1) is 13.5. The lowest BCUT2D eigenvalue weighted by Crippen LogP contribution is -2.29. The number of hydrogen-bond acceptors (Lipinski definition) is 3.